The fraction of sp³-hybridized carbons (Fsp3) is 0.160. The second-order valence-electron chi connectivity index (χ2n) is 7.70. The van der Waals surface area contributed by atoms with E-state index in [-0.39, 0.29) is 11.5 Å². The van der Waals surface area contributed by atoms with Crippen molar-refractivity contribution in [2.24, 2.45) is 0 Å². The highest BCUT2D eigenvalue weighted by Crippen LogP contribution is 2.21. The van der Waals surface area contributed by atoms with Crippen LogP contribution in [-0.4, -0.2) is 29.8 Å². The smallest absolute Gasteiger partial charge is 0.268 e. The van der Waals surface area contributed by atoms with Crippen molar-refractivity contribution >= 4 is 22.6 Å². The van der Waals surface area contributed by atoms with Crippen LogP contribution in [-0.2, 0) is 13.1 Å². The van der Waals surface area contributed by atoms with E-state index in [4.69, 9.17) is 0 Å². The molecule has 0 aliphatic heterocycles. The van der Waals surface area contributed by atoms with Crippen molar-refractivity contribution in [3.8, 4) is 11.3 Å². The van der Waals surface area contributed by atoms with Crippen molar-refractivity contribution in [2.45, 2.75) is 26.4 Å². The number of amides is 1. The van der Waals surface area contributed by atoms with Gasteiger partial charge in [-0.3, -0.25) is 24.0 Å². The standard InChI is InChI=1S/C25H22N6O2/c1-2-12-30-20(14-19-23(30)29-21-9-3-4-13-31(21)25(19)33)24(32)28-16-18-8-6-11-27-22(18)17-7-5-10-26-15-17/h3-11,13-15H,2,12,16H2,1H3,(H,28,32). The molecule has 1 N–H and O–H groups in total. The summed E-state index contributed by atoms with van der Waals surface area (Å²) in [5, 5.41) is 3.42. The zero-order valence-corrected chi connectivity index (χ0v) is 18.1. The molecule has 1 amide bonds. The summed E-state index contributed by atoms with van der Waals surface area (Å²) < 4.78 is 3.32. The summed E-state index contributed by atoms with van der Waals surface area (Å²) in [6.07, 6.45) is 7.66. The first-order valence-corrected chi connectivity index (χ1v) is 10.8. The first-order valence-electron chi connectivity index (χ1n) is 10.8. The SMILES string of the molecule is CCCn1c(C(=O)NCc2cccnc2-c2cccnc2)cc2c(=O)n3ccccc3nc21. The Labute approximate surface area is 189 Å². The highest BCUT2D eigenvalue weighted by Gasteiger charge is 2.19. The Balaban J connectivity index is 1.51. The number of rotatable bonds is 6. The quantitative estimate of drug-likeness (QED) is 0.438. The lowest BCUT2D eigenvalue weighted by atomic mass is 10.1. The third kappa shape index (κ3) is 3.76. The van der Waals surface area contributed by atoms with Crippen molar-refractivity contribution in [2.75, 3.05) is 0 Å². The summed E-state index contributed by atoms with van der Waals surface area (Å²) in [7, 11) is 0. The van der Waals surface area contributed by atoms with Gasteiger partial charge >= 0.3 is 0 Å². The average molecular weight is 438 g/mol. The molecule has 5 aromatic heterocycles. The number of nitrogens with one attached hydrogen (secondary N) is 1. The van der Waals surface area contributed by atoms with Gasteiger partial charge in [0.1, 0.15) is 17.0 Å². The number of fused-ring (bicyclic) bond motifs is 2. The van der Waals surface area contributed by atoms with E-state index >= 15 is 0 Å². The Morgan fingerprint density at radius 3 is 2.79 bits per heavy atom. The Kier molecular flexibility index (Phi) is 5.40. The summed E-state index contributed by atoms with van der Waals surface area (Å²) in [6.45, 7) is 2.89. The highest BCUT2D eigenvalue weighted by atomic mass is 16.2. The van der Waals surface area contributed by atoms with Gasteiger partial charge in [0.15, 0.2) is 0 Å². The van der Waals surface area contributed by atoms with Gasteiger partial charge in [-0.25, -0.2) is 4.98 Å². The topological polar surface area (TPSA) is 94.2 Å². The molecule has 8 nitrogen and oxygen atoms in total. The first-order chi connectivity index (χ1) is 16.2. The molecule has 5 heterocycles. The largest absolute Gasteiger partial charge is 0.347 e. The summed E-state index contributed by atoms with van der Waals surface area (Å²) in [5.41, 5.74) is 3.83. The van der Waals surface area contributed by atoms with Crippen LogP contribution in [0.2, 0.25) is 0 Å². The predicted molar refractivity (Wildman–Crippen MR) is 126 cm³/mol. The van der Waals surface area contributed by atoms with Crippen LogP contribution >= 0.6 is 0 Å². The maximum atomic E-state index is 13.2. The second-order valence-corrected chi connectivity index (χ2v) is 7.70. The van der Waals surface area contributed by atoms with Crippen LogP contribution in [0.15, 0.2) is 78.1 Å². The van der Waals surface area contributed by atoms with Gasteiger partial charge < -0.3 is 9.88 Å². The lowest BCUT2D eigenvalue weighted by Crippen LogP contribution is -2.26. The summed E-state index contributed by atoms with van der Waals surface area (Å²) >= 11 is 0. The summed E-state index contributed by atoms with van der Waals surface area (Å²) in [5.74, 6) is -0.268. The van der Waals surface area contributed by atoms with Crippen LogP contribution in [0.4, 0.5) is 0 Å². The minimum absolute atomic E-state index is 0.189. The second kappa shape index (κ2) is 8.66. The van der Waals surface area contributed by atoms with Crippen molar-refractivity contribution in [3.05, 3.63) is 94.9 Å². The number of aryl methyl sites for hydroxylation is 1. The molecule has 0 saturated carbocycles. The van der Waals surface area contributed by atoms with E-state index in [1.54, 1.807) is 43.0 Å². The van der Waals surface area contributed by atoms with Crippen molar-refractivity contribution < 1.29 is 4.79 Å². The number of pyridine rings is 3. The number of carbonyl (C=O) groups is 1. The van der Waals surface area contributed by atoms with Gasteiger partial charge in [0.2, 0.25) is 0 Å². The zero-order valence-electron chi connectivity index (χ0n) is 18.1. The van der Waals surface area contributed by atoms with E-state index < -0.39 is 0 Å². The van der Waals surface area contributed by atoms with Crippen LogP contribution in [0.5, 0.6) is 0 Å². The minimum Gasteiger partial charge on any atom is -0.347 e. The number of carbonyl (C=O) groups excluding carboxylic acids is 1. The highest BCUT2D eigenvalue weighted by molar-refractivity contribution is 5.98. The van der Waals surface area contributed by atoms with Gasteiger partial charge in [-0.2, -0.15) is 0 Å². The number of hydrogen-bond acceptors (Lipinski definition) is 5. The Morgan fingerprint density at radius 2 is 1.97 bits per heavy atom. The van der Waals surface area contributed by atoms with E-state index in [0.717, 1.165) is 23.2 Å². The van der Waals surface area contributed by atoms with E-state index in [0.29, 0.717) is 35.5 Å². The van der Waals surface area contributed by atoms with Crippen LogP contribution in [0, 0.1) is 0 Å². The molecule has 5 aromatic rings. The maximum absolute atomic E-state index is 13.2. The van der Waals surface area contributed by atoms with E-state index in [2.05, 4.69) is 20.3 Å². The van der Waals surface area contributed by atoms with Crippen LogP contribution in [0.3, 0.4) is 0 Å². The molecule has 0 aliphatic carbocycles. The summed E-state index contributed by atoms with van der Waals surface area (Å²) in [6, 6.07) is 14.6. The fourth-order valence-corrected chi connectivity index (χ4v) is 4.00. The van der Waals surface area contributed by atoms with E-state index in [1.807, 2.05) is 41.8 Å². The van der Waals surface area contributed by atoms with Crippen molar-refractivity contribution in [1.82, 2.24) is 29.2 Å². The minimum atomic E-state index is -0.268. The van der Waals surface area contributed by atoms with Gasteiger partial charge in [-0.15, -0.1) is 0 Å². The molecule has 0 radical (unpaired) electrons. The molecular weight excluding hydrogens is 416 g/mol. The number of hydrogen-bond donors (Lipinski definition) is 1. The van der Waals surface area contributed by atoms with E-state index in [9.17, 15) is 9.59 Å². The molecule has 0 aromatic carbocycles. The van der Waals surface area contributed by atoms with Crippen LogP contribution in [0.1, 0.15) is 29.4 Å². The first kappa shape index (κ1) is 20.6. The lowest BCUT2D eigenvalue weighted by Gasteiger charge is -2.12. The average Bonchev–Trinajstić information content (AvgIpc) is 3.22. The fourth-order valence-electron chi connectivity index (χ4n) is 4.00. The van der Waals surface area contributed by atoms with E-state index in [1.165, 1.54) is 4.40 Å². The lowest BCUT2D eigenvalue weighted by molar-refractivity contribution is 0.0942. The van der Waals surface area contributed by atoms with Gasteiger partial charge in [-0.1, -0.05) is 19.1 Å². The molecule has 0 spiro atoms. The molecule has 0 fully saturated rings. The molecular formula is C25H22N6O2. The molecule has 33 heavy (non-hydrogen) atoms. The number of aromatic nitrogens is 5. The Bertz CT molecular complexity index is 1520. The molecule has 0 aliphatic rings. The number of nitrogens with zero attached hydrogens (tertiary/aromatic N) is 5. The van der Waals surface area contributed by atoms with Gasteiger partial charge in [0.25, 0.3) is 11.5 Å². The molecule has 8 heteroatoms. The molecule has 0 atom stereocenters. The van der Waals surface area contributed by atoms with Crippen LogP contribution in [0.25, 0.3) is 27.9 Å². The van der Waals surface area contributed by atoms with Gasteiger partial charge in [0, 0.05) is 43.4 Å². The predicted octanol–water partition coefficient (Wildman–Crippen LogP) is 3.45. The molecule has 0 bridgehead atoms. The Hall–Kier alpha value is -4.33. The maximum Gasteiger partial charge on any atom is 0.268 e. The Morgan fingerprint density at radius 1 is 1.09 bits per heavy atom. The normalized spacial score (nSPS) is 11.2. The molecule has 0 saturated heterocycles. The van der Waals surface area contributed by atoms with Gasteiger partial charge in [-0.05, 0) is 48.4 Å². The third-order valence-electron chi connectivity index (χ3n) is 5.52. The molecule has 0 unspecified atom stereocenters. The monoisotopic (exact) mass is 438 g/mol. The molecule has 5 rings (SSSR count). The third-order valence-corrected chi connectivity index (χ3v) is 5.52. The van der Waals surface area contributed by atoms with Crippen molar-refractivity contribution in [3.63, 3.8) is 0 Å². The summed E-state index contributed by atoms with van der Waals surface area (Å²) in [4.78, 5) is 39.6. The zero-order chi connectivity index (χ0) is 22.8. The molecule has 164 valence electrons. The van der Waals surface area contributed by atoms with Gasteiger partial charge in [0.05, 0.1) is 11.1 Å². The van der Waals surface area contributed by atoms with Crippen molar-refractivity contribution in [1.29, 1.82) is 0 Å². The van der Waals surface area contributed by atoms with Crippen LogP contribution < -0.4 is 10.9 Å².